The summed E-state index contributed by atoms with van der Waals surface area (Å²) in [7, 11) is 0. The normalized spacial score (nSPS) is 13.5. The molecular weight excluding hydrogens is 657 g/mol. The fourth-order valence-corrected chi connectivity index (χ4v) is 9.56. The van der Waals surface area contributed by atoms with Crippen molar-refractivity contribution in [3.05, 3.63) is 181 Å². The molecule has 0 radical (unpaired) electrons. The van der Waals surface area contributed by atoms with Gasteiger partial charge in [0.25, 0.3) is 0 Å². The van der Waals surface area contributed by atoms with Crippen LogP contribution in [0.5, 0.6) is 0 Å². The molecule has 0 saturated carbocycles. The van der Waals surface area contributed by atoms with E-state index in [0.29, 0.717) is 0 Å². The zero-order valence-corrected chi connectivity index (χ0v) is 30.0. The van der Waals surface area contributed by atoms with Gasteiger partial charge in [0, 0.05) is 38.0 Å². The molecule has 0 amide bonds. The molecule has 0 saturated heterocycles. The van der Waals surface area contributed by atoms with Gasteiger partial charge in [-0.05, 0) is 99.4 Å². The van der Waals surface area contributed by atoms with Crippen molar-refractivity contribution in [1.29, 1.82) is 0 Å². The summed E-state index contributed by atoms with van der Waals surface area (Å²) < 4.78 is 11.3. The van der Waals surface area contributed by atoms with E-state index < -0.39 is 0 Å². The van der Waals surface area contributed by atoms with Gasteiger partial charge in [-0.25, -0.2) is 0 Å². The monoisotopic (exact) mass is 690 g/mol. The molecule has 0 fully saturated rings. The lowest BCUT2D eigenvalue weighted by atomic mass is 9.82. The Bertz CT molecular complexity index is 3350. The molecule has 11 aromatic rings. The van der Waals surface area contributed by atoms with Gasteiger partial charge in [0.1, 0.15) is 5.58 Å². The molecule has 0 N–H and O–H groups in total. The van der Waals surface area contributed by atoms with Crippen molar-refractivity contribution in [2.24, 2.45) is 0 Å². The van der Waals surface area contributed by atoms with Gasteiger partial charge in [-0.3, -0.25) is 4.57 Å². The Morgan fingerprint density at radius 2 is 1.13 bits per heavy atom. The smallest absolute Gasteiger partial charge is 0.213 e. The van der Waals surface area contributed by atoms with Crippen LogP contribution in [0.15, 0.2) is 174 Å². The quantitative estimate of drug-likeness (QED) is 0.181. The Balaban J connectivity index is 1.08. The number of fused-ring (bicyclic) bond motifs is 12. The van der Waals surface area contributed by atoms with Gasteiger partial charge in [-0.1, -0.05) is 123 Å². The third-order valence-electron chi connectivity index (χ3n) is 12.1. The molecule has 3 heterocycles. The Morgan fingerprint density at radius 3 is 2.02 bits per heavy atom. The van der Waals surface area contributed by atoms with Crippen LogP contribution in [0, 0.1) is 0 Å². The van der Waals surface area contributed by atoms with E-state index in [4.69, 9.17) is 4.42 Å². The molecule has 1 aliphatic rings. The summed E-state index contributed by atoms with van der Waals surface area (Å²) in [6.07, 6.45) is 0. The molecule has 54 heavy (non-hydrogen) atoms. The van der Waals surface area contributed by atoms with Crippen molar-refractivity contribution in [2.75, 3.05) is 0 Å². The third-order valence-corrected chi connectivity index (χ3v) is 12.1. The van der Waals surface area contributed by atoms with Crippen LogP contribution in [-0.4, -0.2) is 9.13 Å². The molecule has 0 unspecified atom stereocenters. The SMILES string of the molecule is CC1(C)c2ccc(-c3ccc4c(c3)c3c5ccccc5oc3n4-c3ccccc3)cc2-c2cc3c4ccccc4n(-c4cccc5ccccc45)c3cc21. The van der Waals surface area contributed by atoms with E-state index in [0.717, 1.165) is 33.3 Å². The summed E-state index contributed by atoms with van der Waals surface area (Å²) in [5, 5.41) is 8.55. The zero-order chi connectivity index (χ0) is 35.7. The highest BCUT2D eigenvalue weighted by atomic mass is 16.3. The van der Waals surface area contributed by atoms with Crippen molar-refractivity contribution in [3.63, 3.8) is 0 Å². The number of hydrogen-bond donors (Lipinski definition) is 0. The van der Waals surface area contributed by atoms with Crippen LogP contribution in [0.3, 0.4) is 0 Å². The van der Waals surface area contributed by atoms with Crippen LogP contribution in [0.1, 0.15) is 25.0 Å². The number of nitrogens with zero attached hydrogens (tertiary/aromatic N) is 2. The predicted octanol–water partition coefficient (Wildman–Crippen LogP) is 13.8. The van der Waals surface area contributed by atoms with Crippen molar-refractivity contribution in [1.82, 2.24) is 9.13 Å². The van der Waals surface area contributed by atoms with Crippen molar-refractivity contribution < 1.29 is 4.42 Å². The highest BCUT2D eigenvalue weighted by Crippen LogP contribution is 2.52. The van der Waals surface area contributed by atoms with Crippen molar-refractivity contribution >= 4 is 65.6 Å². The first-order valence-corrected chi connectivity index (χ1v) is 18.8. The Kier molecular flexibility index (Phi) is 5.84. The van der Waals surface area contributed by atoms with Crippen LogP contribution in [0.25, 0.3) is 99.2 Å². The van der Waals surface area contributed by atoms with Gasteiger partial charge in [0.15, 0.2) is 0 Å². The molecular formula is C51H34N2O. The summed E-state index contributed by atoms with van der Waals surface area (Å²) >= 11 is 0. The summed E-state index contributed by atoms with van der Waals surface area (Å²) in [5.74, 6) is 0. The topological polar surface area (TPSA) is 23.0 Å². The van der Waals surface area contributed by atoms with Crippen LogP contribution in [0.4, 0.5) is 0 Å². The van der Waals surface area contributed by atoms with E-state index in [-0.39, 0.29) is 5.41 Å². The Labute approximate surface area is 311 Å². The second kappa shape index (κ2) is 10.6. The molecule has 12 rings (SSSR count). The molecule has 0 aliphatic heterocycles. The molecule has 0 atom stereocenters. The van der Waals surface area contributed by atoms with Gasteiger partial charge < -0.3 is 8.98 Å². The van der Waals surface area contributed by atoms with Gasteiger partial charge in [-0.15, -0.1) is 0 Å². The molecule has 1 aliphatic carbocycles. The number of benzene rings is 8. The second-order valence-corrected chi connectivity index (χ2v) is 15.3. The van der Waals surface area contributed by atoms with Crippen LogP contribution in [0.2, 0.25) is 0 Å². The van der Waals surface area contributed by atoms with Crippen LogP contribution in [-0.2, 0) is 5.41 Å². The number of furan rings is 1. The number of aromatic nitrogens is 2. The maximum atomic E-state index is 6.57. The lowest BCUT2D eigenvalue weighted by Gasteiger charge is -2.22. The third kappa shape index (κ3) is 3.91. The minimum Gasteiger partial charge on any atom is -0.439 e. The minimum absolute atomic E-state index is 0.157. The maximum absolute atomic E-state index is 6.57. The zero-order valence-electron chi connectivity index (χ0n) is 30.0. The lowest BCUT2D eigenvalue weighted by molar-refractivity contribution is 0.645. The number of hydrogen-bond acceptors (Lipinski definition) is 1. The standard InChI is InChI=1S/C51H34N2O/c1-51(2)42-25-23-32(33-24-26-46-41(28-33)49-37-19-9-11-22-48(37)54-50(49)52(46)34-15-4-3-5-16-34)27-38(42)39-29-40-36-18-8-10-20-45(36)53(47(40)30-43(39)51)44-21-12-14-31-13-6-7-17-35(31)44/h3-30H,1-2H3. The average Bonchev–Trinajstić information content (AvgIpc) is 3.91. The first kappa shape index (κ1) is 29.7. The predicted molar refractivity (Wildman–Crippen MR) is 225 cm³/mol. The molecule has 254 valence electrons. The van der Waals surface area contributed by atoms with E-state index >= 15 is 0 Å². The van der Waals surface area contributed by atoms with E-state index in [1.54, 1.807) is 0 Å². The summed E-state index contributed by atoms with van der Waals surface area (Å²) in [4.78, 5) is 0. The fraction of sp³-hybridized carbons (Fsp3) is 0.0588. The highest BCUT2D eigenvalue weighted by Gasteiger charge is 2.37. The maximum Gasteiger partial charge on any atom is 0.213 e. The second-order valence-electron chi connectivity index (χ2n) is 15.3. The molecule has 0 spiro atoms. The van der Waals surface area contributed by atoms with Crippen LogP contribution < -0.4 is 0 Å². The molecule has 3 aromatic heterocycles. The largest absolute Gasteiger partial charge is 0.439 e. The molecule has 3 nitrogen and oxygen atoms in total. The van der Waals surface area contributed by atoms with Crippen molar-refractivity contribution in [2.45, 2.75) is 19.3 Å². The minimum atomic E-state index is -0.157. The van der Waals surface area contributed by atoms with Gasteiger partial charge in [0.2, 0.25) is 5.71 Å². The van der Waals surface area contributed by atoms with Gasteiger partial charge in [-0.2, -0.15) is 0 Å². The molecule has 3 heteroatoms. The van der Waals surface area contributed by atoms with Gasteiger partial charge in [0.05, 0.1) is 27.6 Å². The first-order valence-electron chi connectivity index (χ1n) is 18.8. The first-order chi connectivity index (χ1) is 26.5. The summed E-state index contributed by atoms with van der Waals surface area (Å²) in [5.41, 5.74) is 15.3. The Morgan fingerprint density at radius 1 is 0.444 bits per heavy atom. The van der Waals surface area contributed by atoms with E-state index in [1.807, 2.05) is 6.07 Å². The number of rotatable bonds is 3. The van der Waals surface area contributed by atoms with Crippen molar-refractivity contribution in [3.8, 4) is 33.6 Å². The lowest BCUT2D eigenvalue weighted by Crippen LogP contribution is -2.15. The molecule has 0 bridgehead atoms. The summed E-state index contributed by atoms with van der Waals surface area (Å²) in [6, 6.07) is 62.1. The highest BCUT2D eigenvalue weighted by molar-refractivity contribution is 6.20. The fourth-order valence-electron chi connectivity index (χ4n) is 9.56. The molecule has 8 aromatic carbocycles. The van der Waals surface area contributed by atoms with E-state index in [2.05, 4.69) is 187 Å². The van der Waals surface area contributed by atoms with Gasteiger partial charge >= 0.3 is 0 Å². The van der Waals surface area contributed by atoms with Crippen LogP contribution >= 0.6 is 0 Å². The number of para-hydroxylation sites is 3. The van der Waals surface area contributed by atoms with E-state index in [9.17, 15) is 0 Å². The summed E-state index contributed by atoms with van der Waals surface area (Å²) in [6.45, 7) is 4.76. The Hall–Kier alpha value is -6.84. The van der Waals surface area contributed by atoms with E-state index in [1.165, 1.54) is 77.0 Å². The average molecular weight is 691 g/mol.